The van der Waals surface area contributed by atoms with Gasteiger partial charge < -0.3 is 19.5 Å². The Bertz CT molecular complexity index is 1460. The maximum Gasteiger partial charge on any atom is 0.305 e. The molecule has 2 aliphatic rings. The average Bonchev–Trinajstić information content (AvgIpc) is 3.18. The number of carbonyl (C=O) groups excluding carboxylic acids is 1. The molecular formula is C37H50FNO6S. The summed E-state index contributed by atoms with van der Waals surface area (Å²) in [7, 11) is -2.95. The van der Waals surface area contributed by atoms with Crippen LogP contribution in [0.2, 0.25) is 0 Å². The highest BCUT2D eigenvalue weighted by Gasteiger charge is 2.26. The van der Waals surface area contributed by atoms with Crippen LogP contribution in [0.4, 0.5) is 4.39 Å². The first kappa shape index (κ1) is 36.9. The first-order chi connectivity index (χ1) is 21.9. The zero-order valence-corrected chi connectivity index (χ0v) is 28.9. The molecule has 1 atom stereocenters. The molecule has 9 heteroatoms. The third kappa shape index (κ3) is 11.6. The van der Waals surface area contributed by atoms with Gasteiger partial charge >= 0.3 is 5.97 Å². The minimum absolute atomic E-state index is 0.00310. The van der Waals surface area contributed by atoms with Crippen molar-refractivity contribution >= 4 is 21.4 Å². The van der Waals surface area contributed by atoms with Crippen LogP contribution < -0.4 is 10.1 Å². The lowest BCUT2D eigenvalue weighted by Gasteiger charge is -2.25. The molecule has 7 nitrogen and oxygen atoms in total. The molecule has 46 heavy (non-hydrogen) atoms. The Balaban J connectivity index is 1.73. The third-order valence-corrected chi connectivity index (χ3v) is 9.51. The van der Waals surface area contributed by atoms with Crippen LogP contribution >= 0.6 is 0 Å². The van der Waals surface area contributed by atoms with Gasteiger partial charge in [0.2, 0.25) is 0 Å². The first-order valence-corrected chi connectivity index (χ1v) is 18.0. The fraction of sp³-hybridized carbons (Fsp3) is 0.486. The second kappa shape index (κ2) is 17.9. The molecule has 0 amide bonds. The van der Waals surface area contributed by atoms with Crippen LogP contribution in [0, 0.1) is 19.8 Å². The fourth-order valence-electron chi connectivity index (χ4n) is 5.57. The summed E-state index contributed by atoms with van der Waals surface area (Å²) in [6.45, 7) is 12.4. The van der Waals surface area contributed by atoms with Crippen molar-refractivity contribution in [2.24, 2.45) is 5.92 Å². The predicted octanol–water partition coefficient (Wildman–Crippen LogP) is 7.77. The van der Waals surface area contributed by atoms with Gasteiger partial charge in [0.25, 0.3) is 0 Å². The molecule has 0 saturated carbocycles. The molecule has 0 radical (unpaired) electrons. The number of rotatable bonds is 15. The highest BCUT2D eigenvalue weighted by Crippen LogP contribution is 2.36. The highest BCUT2D eigenvalue weighted by atomic mass is 32.2. The lowest BCUT2D eigenvalue weighted by molar-refractivity contribution is -0.143. The van der Waals surface area contributed by atoms with Crippen LogP contribution in [0.3, 0.4) is 0 Å². The quantitative estimate of drug-likeness (QED) is 0.152. The second-order valence-corrected chi connectivity index (χ2v) is 14.3. The number of benzene rings is 1. The van der Waals surface area contributed by atoms with E-state index in [9.17, 15) is 17.6 Å². The van der Waals surface area contributed by atoms with Crippen molar-refractivity contribution in [3.63, 3.8) is 0 Å². The second-order valence-electron chi connectivity index (χ2n) is 12.0. The van der Waals surface area contributed by atoms with E-state index in [1.807, 2.05) is 38.3 Å². The van der Waals surface area contributed by atoms with E-state index in [4.69, 9.17) is 14.2 Å². The number of nitrogens with one attached hydrogen (secondary N) is 1. The van der Waals surface area contributed by atoms with Gasteiger partial charge in [0.1, 0.15) is 23.4 Å². The Kier molecular flexibility index (Phi) is 14.4. The van der Waals surface area contributed by atoms with E-state index in [0.717, 1.165) is 45.8 Å². The molecule has 1 aliphatic carbocycles. The van der Waals surface area contributed by atoms with Crippen molar-refractivity contribution in [3.05, 3.63) is 94.7 Å². The number of sulfone groups is 1. The third-order valence-electron chi connectivity index (χ3n) is 7.79. The van der Waals surface area contributed by atoms with Crippen LogP contribution in [-0.4, -0.2) is 51.3 Å². The Hall–Kier alpha value is -3.59. The van der Waals surface area contributed by atoms with Gasteiger partial charge in [0, 0.05) is 24.5 Å². The standard InChI is InChI=1S/C37H50FNO6S/c1-7-34(38)30(15-16-36(40)43-8-2)13-9-10-19-39-25-29-12-11-14-35(44-26(3)4)33(24-29)37-27(5)22-32(23-28(37)6)45-31-17-20-46(41,42)21-18-31/h7,9-10,12-14,19,22-24,26,30-31,39H,8,11,15-18,20-21,25H2,1-6H3/b13-9?,19-10+,34-7+. The van der Waals surface area contributed by atoms with Crippen molar-refractivity contribution in [1.82, 2.24) is 5.32 Å². The number of halogens is 1. The van der Waals surface area contributed by atoms with Crippen LogP contribution in [0.5, 0.6) is 5.75 Å². The average molecular weight is 656 g/mol. The van der Waals surface area contributed by atoms with E-state index >= 15 is 0 Å². The van der Waals surface area contributed by atoms with E-state index in [1.54, 1.807) is 26.0 Å². The zero-order chi connectivity index (χ0) is 33.7. The fourth-order valence-corrected chi connectivity index (χ4v) is 7.02. The number of hydrogen-bond donors (Lipinski definition) is 1. The maximum atomic E-state index is 14.3. The van der Waals surface area contributed by atoms with Gasteiger partial charge in [-0.3, -0.25) is 4.79 Å². The van der Waals surface area contributed by atoms with Crippen LogP contribution in [0.25, 0.3) is 5.57 Å². The van der Waals surface area contributed by atoms with E-state index in [-0.39, 0.29) is 41.9 Å². The number of esters is 1. The van der Waals surface area contributed by atoms with Gasteiger partial charge in [-0.2, -0.15) is 0 Å². The molecular weight excluding hydrogens is 605 g/mol. The normalized spacial score (nSPS) is 18.2. The molecule has 0 bridgehead atoms. The van der Waals surface area contributed by atoms with Crippen LogP contribution in [0.15, 0.2) is 78.0 Å². The number of hydrogen-bond acceptors (Lipinski definition) is 7. The van der Waals surface area contributed by atoms with Crippen molar-refractivity contribution in [2.45, 2.75) is 85.9 Å². The summed E-state index contributed by atoms with van der Waals surface area (Å²) in [5.41, 5.74) is 5.27. The van der Waals surface area contributed by atoms with Crippen molar-refractivity contribution in [3.8, 4) is 5.75 Å². The smallest absolute Gasteiger partial charge is 0.305 e. The molecule has 1 N–H and O–H groups in total. The van der Waals surface area contributed by atoms with Crippen LogP contribution in [0.1, 0.15) is 76.5 Å². The molecule has 1 saturated heterocycles. The van der Waals surface area contributed by atoms with Gasteiger partial charge in [-0.25, -0.2) is 12.8 Å². The van der Waals surface area contributed by atoms with Gasteiger partial charge in [-0.1, -0.05) is 24.3 Å². The molecule has 1 aromatic rings. The molecule has 1 unspecified atom stereocenters. The molecule has 1 aliphatic heterocycles. The first-order valence-electron chi connectivity index (χ1n) is 16.2. The van der Waals surface area contributed by atoms with Crippen molar-refractivity contribution in [1.29, 1.82) is 0 Å². The van der Waals surface area contributed by atoms with Crippen LogP contribution in [-0.2, 0) is 24.1 Å². The largest absolute Gasteiger partial charge is 0.491 e. The van der Waals surface area contributed by atoms with Gasteiger partial charge in [-0.15, -0.1) is 0 Å². The lowest BCUT2D eigenvalue weighted by atomic mass is 9.92. The number of ether oxygens (including phenoxy) is 3. The molecule has 0 spiro atoms. The highest BCUT2D eigenvalue weighted by molar-refractivity contribution is 7.91. The monoisotopic (exact) mass is 655 g/mol. The van der Waals surface area contributed by atoms with E-state index in [2.05, 4.69) is 37.4 Å². The Morgan fingerprint density at radius 3 is 2.43 bits per heavy atom. The van der Waals surface area contributed by atoms with Gasteiger partial charge in [-0.05, 0) is 126 Å². The van der Waals surface area contributed by atoms with E-state index < -0.39 is 15.8 Å². The summed E-state index contributed by atoms with van der Waals surface area (Å²) >= 11 is 0. The molecule has 252 valence electrons. The molecule has 3 rings (SSSR count). The lowest BCUT2D eigenvalue weighted by Crippen LogP contribution is -2.30. The molecule has 0 aromatic heterocycles. The number of aryl methyl sites for hydroxylation is 2. The summed E-state index contributed by atoms with van der Waals surface area (Å²) in [6, 6.07) is 4.05. The minimum atomic E-state index is -2.95. The minimum Gasteiger partial charge on any atom is -0.491 e. The maximum absolute atomic E-state index is 14.3. The van der Waals surface area contributed by atoms with E-state index in [1.165, 1.54) is 6.08 Å². The SMILES string of the molecule is C/C=C(/F)C(C=C/C=C/NCC1=CCC=C(OC(C)C)C(c2c(C)cc(OC3CCS(=O)(=O)CC3)cc2C)=C1)CCC(=O)OCC. The summed E-state index contributed by atoms with van der Waals surface area (Å²) in [5, 5.41) is 3.33. The summed E-state index contributed by atoms with van der Waals surface area (Å²) < 4.78 is 55.5. The van der Waals surface area contributed by atoms with Gasteiger partial charge in [0.15, 0.2) is 9.84 Å². The number of carbonyl (C=O) groups is 1. The molecule has 1 fully saturated rings. The Labute approximate surface area is 274 Å². The zero-order valence-electron chi connectivity index (χ0n) is 28.1. The molecule has 1 aromatic carbocycles. The topological polar surface area (TPSA) is 90.9 Å². The van der Waals surface area contributed by atoms with Crippen molar-refractivity contribution in [2.75, 3.05) is 24.7 Å². The number of allylic oxidation sites excluding steroid dienone is 8. The Morgan fingerprint density at radius 1 is 1.11 bits per heavy atom. The summed E-state index contributed by atoms with van der Waals surface area (Å²) in [4.78, 5) is 11.7. The van der Waals surface area contributed by atoms with E-state index in [0.29, 0.717) is 32.4 Å². The Morgan fingerprint density at radius 2 is 1.80 bits per heavy atom. The van der Waals surface area contributed by atoms with Crippen molar-refractivity contribution < 1.29 is 31.8 Å². The summed E-state index contributed by atoms with van der Waals surface area (Å²) in [6.07, 6.45) is 17.2. The summed E-state index contributed by atoms with van der Waals surface area (Å²) in [5.74, 6) is 0.838. The van der Waals surface area contributed by atoms with Gasteiger partial charge in [0.05, 0.1) is 24.2 Å². The predicted molar refractivity (Wildman–Crippen MR) is 184 cm³/mol. The molecule has 1 heterocycles.